The highest BCUT2D eigenvalue weighted by Gasteiger charge is 2.32. The summed E-state index contributed by atoms with van der Waals surface area (Å²) in [5, 5.41) is 3.29. The van der Waals surface area contributed by atoms with Gasteiger partial charge in [-0.3, -0.25) is 0 Å². The van der Waals surface area contributed by atoms with E-state index in [2.05, 4.69) is 5.32 Å². The maximum absolute atomic E-state index is 5.52. The molecule has 0 aromatic heterocycles. The minimum Gasteiger partial charge on any atom is -0.496 e. The minimum atomic E-state index is -0.247. The number of hydrogen-bond acceptors (Lipinski definition) is 5. The Balaban J connectivity index is 2.21. The van der Waals surface area contributed by atoms with Crippen molar-refractivity contribution < 1.29 is 18.9 Å². The van der Waals surface area contributed by atoms with Crippen molar-refractivity contribution in [3.8, 4) is 11.5 Å². The fourth-order valence-electron chi connectivity index (χ4n) is 2.43. The number of rotatable bonds is 3. The number of hydrogen-bond donors (Lipinski definition) is 1. The van der Waals surface area contributed by atoms with Gasteiger partial charge in [0.2, 0.25) is 0 Å². The molecule has 0 saturated heterocycles. The summed E-state index contributed by atoms with van der Waals surface area (Å²) in [5.41, 5.74) is 2.72. The van der Waals surface area contributed by atoms with E-state index in [9.17, 15) is 0 Å². The Kier molecular flexibility index (Phi) is 2.74. The van der Waals surface area contributed by atoms with Crippen LogP contribution in [0.5, 0.6) is 11.5 Å². The number of anilines is 1. The van der Waals surface area contributed by atoms with E-state index in [-0.39, 0.29) is 6.23 Å². The lowest BCUT2D eigenvalue weighted by Crippen LogP contribution is -2.26. The highest BCUT2D eigenvalue weighted by atomic mass is 16.5. The normalized spacial score (nSPS) is 19.2. The van der Waals surface area contributed by atoms with Gasteiger partial charge in [0.05, 0.1) is 38.9 Å². The standard InChI is InChI=1S/C14H15NO4/c1-16-10-5-4-8-11(13(10)18-3)15-14-9(6-7-19-14)12(8)17-2/h4-7,14-15H,1-3H3. The number of ether oxygens (including phenoxy) is 4. The largest absolute Gasteiger partial charge is 0.496 e. The number of benzene rings is 1. The highest BCUT2D eigenvalue weighted by molar-refractivity contribution is 5.86. The second-order valence-electron chi connectivity index (χ2n) is 4.18. The van der Waals surface area contributed by atoms with Gasteiger partial charge >= 0.3 is 0 Å². The first-order chi connectivity index (χ1) is 9.30. The molecule has 1 aromatic carbocycles. The van der Waals surface area contributed by atoms with Crippen LogP contribution >= 0.6 is 0 Å². The minimum absolute atomic E-state index is 0.247. The molecule has 0 amide bonds. The average molecular weight is 261 g/mol. The predicted molar refractivity (Wildman–Crippen MR) is 71.1 cm³/mol. The van der Waals surface area contributed by atoms with Crippen LogP contribution < -0.4 is 14.8 Å². The van der Waals surface area contributed by atoms with Crippen LogP contribution in [0.4, 0.5) is 5.69 Å². The molecule has 2 aliphatic rings. The zero-order valence-electron chi connectivity index (χ0n) is 11.0. The van der Waals surface area contributed by atoms with Crippen LogP contribution in [0.1, 0.15) is 5.56 Å². The molecule has 3 rings (SSSR count). The molecule has 0 fully saturated rings. The van der Waals surface area contributed by atoms with Crippen molar-refractivity contribution in [3.63, 3.8) is 0 Å². The summed E-state index contributed by atoms with van der Waals surface area (Å²) in [5.74, 6) is 2.09. The smallest absolute Gasteiger partial charge is 0.199 e. The number of fused-ring (bicyclic) bond motifs is 2. The van der Waals surface area contributed by atoms with Crippen molar-refractivity contribution in [1.82, 2.24) is 0 Å². The Labute approximate surface area is 111 Å². The van der Waals surface area contributed by atoms with Crippen LogP contribution in [0.25, 0.3) is 5.76 Å². The van der Waals surface area contributed by atoms with Gasteiger partial charge in [0.15, 0.2) is 17.7 Å². The van der Waals surface area contributed by atoms with E-state index in [1.54, 1.807) is 27.6 Å². The molecule has 0 radical (unpaired) electrons. The van der Waals surface area contributed by atoms with Crippen molar-refractivity contribution in [3.05, 3.63) is 35.6 Å². The molecule has 1 unspecified atom stereocenters. The Hall–Kier alpha value is -2.30. The van der Waals surface area contributed by atoms with Gasteiger partial charge < -0.3 is 24.3 Å². The quantitative estimate of drug-likeness (QED) is 0.905. The summed E-state index contributed by atoms with van der Waals surface area (Å²) >= 11 is 0. The molecular formula is C14H15NO4. The predicted octanol–water partition coefficient (Wildman–Crippen LogP) is 2.36. The maximum atomic E-state index is 5.52. The van der Waals surface area contributed by atoms with Gasteiger partial charge in [-0.05, 0) is 18.2 Å². The topological polar surface area (TPSA) is 49.0 Å². The molecule has 1 N–H and O–H groups in total. The summed E-state index contributed by atoms with van der Waals surface area (Å²) in [7, 11) is 4.87. The molecule has 5 nitrogen and oxygen atoms in total. The summed E-state index contributed by atoms with van der Waals surface area (Å²) in [6.45, 7) is 0. The lowest BCUT2D eigenvalue weighted by atomic mass is 10.00. The van der Waals surface area contributed by atoms with E-state index in [1.807, 2.05) is 18.2 Å². The molecular weight excluding hydrogens is 246 g/mol. The van der Waals surface area contributed by atoms with Crippen LogP contribution in [0.2, 0.25) is 0 Å². The Morgan fingerprint density at radius 3 is 2.63 bits per heavy atom. The third-order valence-electron chi connectivity index (χ3n) is 3.28. The first-order valence-electron chi connectivity index (χ1n) is 5.92. The zero-order chi connectivity index (χ0) is 13.4. The van der Waals surface area contributed by atoms with Crippen LogP contribution in [0, 0.1) is 0 Å². The molecule has 1 aromatic rings. The van der Waals surface area contributed by atoms with Crippen LogP contribution in [-0.4, -0.2) is 27.6 Å². The lowest BCUT2D eigenvalue weighted by Gasteiger charge is -2.28. The lowest BCUT2D eigenvalue weighted by molar-refractivity contribution is 0.216. The molecule has 19 heavy (non-hydrogen) atoms. The van der Waals surface area contributed by atoms with Crippen molar-refractivity contribution >= 4 is 11.4 Å². The van der Waals surface area contributed by atoms with Crippen molar-refractivity contribution in [2.24, 2.45) is 0 Å². The fraction of sp³-hybridized carbons (Fsp3) is 0.286. The van der Waals surface area contributed by atoms with Gasteiger partial charge in [-0.15, -0.1) is 0 Å². The summed E-state index contributed by atoms with van der Waals surface area (Å²) in [4.78, 5) is 0. The summed E-state index contributed by atoms with van der Waals surface area (Å²) in [6.07, 6.45) is 3.31. The molecule has 1 atom stereocenters. The first-order valence-corrected chi connectivity index (χ1v) is 5.92. The third-order valence-corrected chi connectivity index (χ3v) is 3.28. The molecule has 100 valence electrons. The van der Waals surface area contributed by atoms with Crippen LogP contribution in [0.15, 0.2) is 30.0 Å². The van der Waals surface area contributed by atoms with E-state index in [4.69, 9.17) is 18.9 Å². The second-order valence-corrected chi connectivity index (χ2v) is 4.18. The third kappa shape index (κ3) is 1.62. The van der Waals surface area contributed by atoms with E-state index in [1.165, 1.54) is 0 Å². The van der Waals surface area contributed by atoms with E-state index in [0.717, 1.165) is 22.6 Å². The Bertz CT molecular complexity index is 577. The molecule has 2 heterocycles. The molecule has 0 spiro atoms. The second kappa shape index (κ2) is 4.42. The molecule has 5 heteroatoms. The summed E-state index contributed by atoms with van der Waals surface area (Å²) in [6, 6.07) is 3.80. The number of nitrogens with one attached hydrogen (secondary N) is 1. The van der Waals surface area contributed by atoms with Gasteiger partial charge in [0.25, 0.3) is 0 Å². The van der Waals surface area contributed by atoms with Gasteiger partial charge in [-0.1, -0.05) is 0 Å². The van der Waals surface area contributed by atoms with Gasteiger partial charge in [0.1, 0.15) is 5.76 Å². The highest BCUT2D eigenvalue weighted by Crippen LogP contribution is 2.46. The molecule has 0 aliphatic carbocycles. The van der Waals surface area contributed by atoms with Crippen LogP contribution in [0.3, 0.4) is 0 Å². The van der Waals surface area contributed by atoms with E-state index < -0.39 is 0 Å². The van der Waals surface area contributed by atoms with Gasteiger partial charge in [-0.25, -0.2) is 0 Å². The Morgan fingerprint density at radius 2 is 1.95 bits per heavy atom. The van der Waals surface area contributed by atoms with Gasteiger partial charge in [0, 0.05) is 5.56 Å². The van der Waals surface area contributed by atoms with Crippen molar-refractivity contribution in [2.75, 3.05) is 26.6 Å². The van der Waals surface area contributed by atoms with Gasteiger partial charge in [-0.2, -0.15) is 0 Å². The summed E-state index contributed by atoms with van der Waals surface area (Å²) < 4.78 is 21.7. The number of methoxy groups -OCH3 is 3. The monoisotopic (exact) mass is 261 g/mol. The zero-order valence-corrected chi connectivity index (χ0v) is 11.0. The van der Waals surface area contributed by atoms with Crippen molar-refractivity contribution in [1.29, 1.82) is 0 Å². The first kappa shape index (κ1) is 11.8. The average Bonchev–Trinajstić information content (AvgIpc) is 2.91. The van der Waals surface area contributed by atoms with Crippen molar-refractivity contribution in [2.45, 2.75) is 6.23 Å². The Morgan fingerprint density at radius 1 is 1.11 bits per heavy atom. The molecule has 0 saturated carbocycles. The fourth-order valence-corrected chi connectivity index (χ4v) is 2.43. The molecule has 0 bridgehead atoms. The van der Waals surface area contributed by atoms with E-state index >= 15 is 0 Å². The van der Waals surface area contributed by atoms with E-state index in [0.29, 0.717) is 11.5 Å². The molecule has 2 aliphatic heterocycles. The SMILES string of the molecule is COC1=C2C=COC2Nc2c1ccc(OC)c2OC. The maximum Gasteiger partial charge on any atom is 0.199 e. The van der Waals surface area contributed by atoms with Crippen LogP contribution in [-0.2, 0) is 9.47 Å².